The molecule has 0 saturated carbocycles. The maximum absolute atomic E-state index is 15.1. The first-order chi connectivity index (χ1) is 13.8. The molecule has 29 heavy (non-hydrogen) atoms. The molecule has 0 aliphatic heterocycles. The van der Waals surface area contributed by atoms with E-state index in [4.69, 9.17) is 4.74 Å². The molecule has 0 heterocycles. The average Bonchev–Trinajstić information content (AvgIpc) is 2.73. The van der Waals surface area contributed by atoms with Crippen LogP contribution >= 0.6 is 0 Å². The van der Waals surface area contributed by atoms with Gasteiger partial charge in [-0.25, -0.2) is 0 Å². The third-order valence-electron chi connectivity index (χ3n) is 4.27. The number of benzene rings is 3. The first-order valence-electron chi connectivity index (χ1n) is 8.79. The molecule has 0 saturated heterocycles. The summed E-state index contributed by atoms with van der Waals surface area (Å²) in [6.07, 6.45) is -4.78. The number of nitrogens with one attached hydrogen (secondary N) is 1. The summed E-state index contributed by atoms with van der Waals surface area (Å²) < 4.78 is 69.0. The number of alkyl halides is 4. The van der Waals surface area contributed by atoms with Gasteiger partial charge in [0, 0.05) is 5.69 Å². The minimum Gasteiger partial charge on any atom is -0.497 e. The highest BCUT2D eigenvalue weighted by atomic mass is 19.3. The van der Waals surface area contributed by atoms with E-state index in [1.165, 1.54) is 67.8 Å². The Labute approximate surface area is 165 Å². The van der Waals surface area contributed by atoms with Crippen LogP contribution in [-0.2, 0) is 0 Å². The molecule has 1 unspecified atom stereocenters. The maximum Gasteiger partial charge on any atom is 0.466 e. The lowest BCUT2D eigenvalue weighted by molar-refractivity contribution is -0.314. The van der Waals surface area contributed by atoms with Gasteiger partial charge in [0.25, 0.3) is 0 Å². The van der Waals surface area contributed by atoms with Crippen molar-refractivity contribution in [3.05, 3.63) is 90.5 Å². The van der Waals surface area contributed by atoms with Gasteiger partial charge in [-0.15, -0.1) is 0 Å². The largest absolute Gasteiger partial charge is 0.497 e. The van der Waals surface area contributed by atoms with Gasteiger partial charge in [0.1, 0.15) is 17.5 Å². The van der Waals surface area contributed by atoms with Crippen LogP contribution < -0.4 is 14.8 Å². The van der Waals surface area contributed by atoms with E-state index in [0.29, 0.717) is 5.75 Å². The molecule has 1 atom stereocenters. The van der Waals surface area contributed by atoms with Crippen LogP contribution in [0, 0.1) is 0 Å². The normalized spacial score (nSPS) is 12.9. The van der Waals surface area contributed by atoms with Crippen molar-refractivity contribution in [3.63, 3.8) is 0 Å². The Morgan fingerprint density at radius 1 is 0.724 bits per heavy atom. The highest BCUT2D eigenvalue weighted by molar-refractivity contribution is 5.47. The lowest BCUT2D eigenvalue weighted by Gasteiger charge is -2.34. The molecule has 1 N–H and O–H groups in total. The molecule has 0 fully saturated rings. The van der Waals surface area contributed by atoms with E-state index in [1.54, 1.807) is 24.3 Å². The molecule has 7 heteroatoms. The van der Waals surface area contributed by atoms with Crippen LogP contribution in [0.2, 0.25) is 0 Å². The zero-order chi connectivity index (χ0) is 20.9. The summed E-state index contributed by atoms with van der Waals surface area (Å²) in [6.45, 7) is 0. The van der Waals surface area contributed by atoms with Crippen LogP contribution in [0.4, 0.5) is 23.2 Å². The van der Waals surface area contributed by atoms with Crippen molar-refractivity contribution >= 4 is 5.69 Å². The zero-order valence-electron chi connectivity index (χ0n) is 15.5. The van der Waals surface area contributed by atoms with Crippen molar-refractivity contribution in [3.8, 4) is 11.5 Å². The van der Waals surface area contributed by atoms with Crippen molar-refractivity contribution in [2.75, 3.05) is 12.4 Å². The Morgan fingerprint density at radius 2 is 1.28 bits per heavy atom. The van der Waals surface area contributed by atoms with Crippen molar-refractivity contribution < 1.29 is 27.0 Å². The third kappa shape index (κ3) is 4.62. The van der Waals surface area contributed by atoms with Crippen LogP contribution in [0.3, 0.4) is 0 Å². The van der Waals surface area contributed by atoms with E-state index in [9.17, 15) is 8.78 Å². The van der Waals surface area contributed by atoms with Crippen LogP contribution in [-0.4, -0.2) is 19.1 Å². The minimum atomic E-state index is -4.78. The number of para-hydroxylation sites is 2. The van der Waals surface area contributed by atoms with Gasteiger partial charge < -0.3 is 14.8 Å². The van der Waals surface area contributed by atoms with E-state index in [1.807, 2.05) is 0 Å². The lowest BCUT2D eigenvalue weighted by atomic mass is 9.98. The molecule has 3 nitrogen and oxygen atoms in total. The molecule has 0 amide bonds. The number of methoxy groups -OCH3 is 1. The molecule has 152 valence electrons. The summed E-state index contributed by atoms with van der Waals surface area (Å²) in [5.41, 5.74) is 0.222. The van der Waals surface area contributed by atoms with Gasteiger partial charge in [0.2, 0.25) is 0 Å². The van der Waals surface area contributed by atoms with Gasteiger partial charge in [-0.05, 0) is 42.0 Å². The summed E-state index contributed by atoms with van der Waals surface area (Å²) in [5, 5.41) is 2.51. The van der Waals surface area contributed by atoms with E-state index in [-0.39, 0.29) is 17.0 Å². The smallest absolute Gasteiger partial charge is 0.466 e. The Hall–Kier alpha value is -3.22. The quantitative estimate of drug-likeness (QED) is 0.456. The molecule has 3 aromatic carbocycles. The summed E-state index contributed by atoms with van der Waals surface area (Å²) in [5.74, 6) is -4.53. The number of halogens is 4. The second-order valence-corrected chi connectivity index (χ2v) is 6.27. The predicted molar refractivity (Wildman–Crippen MR) is 103 cm³/mol. The van der Waals surface area contributed by atoms with Gasteiger partial charge >= 0.3 is 12.0 Å². The maximum atomic E-state index is 15.1. The molecule has 3 rings (SSSR count). The van der Waals surface area contributed by atoms with E-state index < -0.39 is 18.1 Å². The molecule has 0 spiro atoms. The van der Waals surface area contributed by atoms with E-state index >= 15 is 8.78 Å². The SMILES string of the molecule is COc1ccc(C(Nc2ccccc2)C(F)(F)C(F)(F)Oc2ccccc2)cc1. The summed E-state index contributed by atoms with van der Waals surface area (Å²) in [7, 11) is 1.42. The van der Waals surface area contributed by atoms with Gasteiger partial charge in [-0.3, -0.25) is 0 Å². The molecule has 0 bridgehead atoms. The van der Waals surface area contributed by atoms with Gasteiger partial charge in [-0.1, -0.05) is 48.5 Å². The van der Waals surface area contributed by atoms with E-state index in [0.717, 1.165) is 0 Å². The van der Waals surface area contributed by atoms with Crippen molar-refractivity contribution in [2.24, 2.45) is 0 Å². The lowest BCUT2D eigenvalue weighted by Crippen LogP contribution is -2.51. The number of ether oxygens (including phenoxy) is 2. The van der Waals surface area contributed by atoms with Crippen LogP contribution in [0.25, 0.3) is 0 Å². The fourth-order valence-corrected chi connectivity index (χ4v) is 2.75. The minimum absolute atomic E-state index is 0.0454. The fraction of sp³-hybridized carbons (Fsp3) is 0.182. The van der Waals surface area contributed by atoms with Gasteiger partial charge in [-0.2, -0.15) is 17.6 Å². The molecule has 0 aliphatic carbocycles. The van der Waals surface area contributed by atoms with Crippen molar-refractivity contribution in [1.82, 2.24) is 0 Å². The molecular formula is C22H19F4NO2. The zero-order valence-corrected chi connectivity index (χ0v) is 15.5. The Balaban J connectivity index is 1.97. The highest BCUT2D eigenvalue weighted by Crippen LogP contribution is 2.46. The number of hydrogen-bond acceptors (Lipinski definition) is 3. The first kappa shape index (κ1) is 20.5. The van der Waals surface area contributed by atoms with E-state index in [2.05, 4.69) is 10.1 Å². The monoisotopic (exact) mass is 405 g/mol. The molecule has 0 radical (unpaired) electrons. The van der Waals surface area contributed by atoms with Gasteiger partial charge in [0.05, 0.1) is 7.11 Å². The first-order valence-corrected chi connectivity index (χ1v) is 8.79. The molecular weight excluding hydrogens is 386 g/mol. The predicted octanol–water partition coefficient (Wildman–Crippen LogP) is 6.16. The molecule has 0 aromatic heterocycles. The fourth-order valence-electron chi connectivity index (χ4n) is 2.75. The Morgan fingerprint density at radius 3 is 1.83 bits per heavy atom. The Bertz CT molecular complexity index is 903. The topological polar surface area (TPSA) is 30.5 Å². The van der Waals surface area contributed by atoms with Gasteiger partial charge in [0.15, 0.2) is 0 Å². The Kier molecular flexibility index (Phi) is 5.96. The number of anilines is 1. The summed E-state index contributed by atoms with van der Waals surface area (Å²) in [4.78, 5) is 0. The van der Waals surface area contributed by atoms with Crippen LogP contribution in [0.15, 0.2) is 84.9 Å². The third-order valence-corrected chi connectivity index (χ3v) is 4.27. The molecule has 3 aromatic rings. The van der Waals surface area contributed by atoms with Crippen molar-refractivity contribution in [1.29, 1.82) is 0 Å². The second-order valence-electron chi connectivity index (χ2n) is 6.27. The number of rotatable bonds is 8. The molecule has 0 aliphatic rings. The summed E-state index contributed by atoms with van der Waals surface area (Å²) in [6, 6.07) is 18.2. The average molecular weight is 405 g/mol. The summed E-state index contributed by atoms with van der Waals surface area (Å²) >= 11 is 0. The number of hydrogen-bond donors (Lipinski definition) is 1. The van der Waals surface area contributed by atoms with Crippen LogP contribution in [0.5, 0.6) is 11.5 Å². The van der Waals surface area contributed by atoms with Crippen LogP contribution in [0.1, 0.15) is 11.6 Å². The standard InChI is InChI=1S/C22H19F4NO2/c1-28-18-14-12-16(13-15-18)20(27-17-8-4-2-5-9-17)21(23,24)22(25,26)29-19-10-6-3-7-11-19/h2-15,20,27H,1H3. The van der Waals surface area contributed by atoms with Crippen molar-refractivity contribution in [2.45, 2.75) is 18.1 Å². The highest BCUT2D eigenvalue weighted by Gasteiger charge is 2.64. The second kappa shape index (κ2) is 8.43.